The van der Waals surface area contributed by atoms with Crippen LogP contribution in [0.2, 0.25) is 5.02 Å². The van der Waals surface area contributed by atoms with Crippen LogP contribution in [0.5, 0.6) is 11.5 Å². The van der Waals surface area contributed by atoms with Gasteiger partial charge in [0.05, 0.1) is 14.2 Å². The van der Waals surface area contributed by atoms with Gasteiger partial charge in [-0.25, -0.2) is 0 Å². The third kappa shape index (κ3) is 9.80. The molecule has 6 rings (SSSR count). The normalized spacial score (nSPS) is 24.6. The maximum absolute atomic E-state index is 12.0. The summed E-state index contributed by atoms with van der Waals surface area (Å²) in [7, 11) is 11.6. The first kappa shape index (κ1) is 40.3. The molecule has 2 aliphatic carbocycles. The van der Waals surface area contributed by atoms with Gasteiger partial charge in [-0.2, -0.15) is 0 Å². The third-order valence-electron chi connectivity index (χ3n) is 10.7. The summed E-state index contributed by atoms with van der Waals surface area (Å²) < 4.78 is 10.5. The zero-order chi connectivity index (χ0) is 38.0. The van der Waals surface area contributed by atoms with E-state index in [-0.39, 0.29) is 11.8 Å². The predicted octanol–water partition coefficient (Wildman–Crippen LogP) is 9.31. The van der Waals surface area contributed by atoms with E-state index in [0.29, 0.717) is 5.02 Å². The van der Waals surface area contributed by atoms with Crippen LogP contribution in [-0.2, 0) is 11.2 Å². The van der Waals surface area contributed by atoms with E-state index in [9.17, 15) is 10.2 Å². The SMILES string of the molecule is COc1ccc(C=C2CCCC(CN(C)C)C2(O)c2ccc(Cl)cc2)cc1.COc1ccc(C=C2CCCC(CN(C)C)C2(O)c2ccccc2)cc1. The molecule has 4 aromatic rings. The summed E-state index contributed by atoms with van der Waals surface area (Å²) in [5.74, 6) is 1.99. The number of nitrogens with zero attached hydrogens (tertiary/aromatic N) is 2. The molecule has 0 amide bonds. The Bertz CT molecular complexity index is 1790. The molecule has 0 saturated heterocycles. The molecule has 2 aliphatic rings. The van der Waals surface area contributed by atoms with Crippen molar-refractivity contribution >= 4 is 23.8 Å². The minimum Gasteiger partial charge on any atom is -0.497 e. The van der Waals surface area contributed by atoms with Crippen LogP contribution < -0.4 is 9.47 Å². The van der Waals surface area contributed by atoms with E-state index in [4.69, 9.17) is 21.1 Å². The number of hydrogen-bond acceptors (Lipinski definition) is 6. The highest BCUT2D eigenvalue weighted by Gasteiger charge is 2.45. The molecule has 2 saturated carbocycles. The van der Waals surface area contributed by atoms with Crippen molar-refractivity contribution in [2.75, 3.05) is 55.5 Å². The second-order valence-electron chi connectivity index (χ2n) is 15.0. The number of methoxy groups -OCH3 is 2. The van der Waals surface area contributed by atoms with E-state index < -0.39 is 11.2 Å². The van der Waals surface area contributed by atoms with Gasteiger partial charge in [0, 0.05) is 29.9 Å². The number of hydrogen-bond donors (Lipinski definition) is 2. The van der Waals surface area contributed by atoms with E-state index in [1.54, 1.807) is 14.2 Å². The lowest BCUT2D eigenvalue weighted by Gasteiger charge is -2.44. The molecule has 4 unspecified atom stereocenters. The van der Waals surface area contributed by atoms with Gasteiger partial charge in [-0.3, -0.25) is 0 Å². The molecule has 6 nitrogen and oxygen atoms in total. The second-order valence-corrected chi connectivity index (χ2v) is 15.4. The fourth-order valence-electron chi connectivity index (χ4n) is 8.13. The molecule has 2 N–H and O–H groups in total. The van der Waals surface area contributed by atoms with Gasteiger partial charge in [-0.1, -0.05) is 90.5 Å². The largest absolute Gasteiger partial charge is 0.497 e. The number of halogens is 1. The Morgan fingerprint density at radius 3 is 1.38 bits per heavy atom. The van der Waals surface area contributed by atoms with E-state index in [1.807, 2.05) is 91.0 Å². The average Bonchev–Trinajstić information content (AvgIpc) is 3.16. The molecule has 7 heteroatoms. The standard InChI is InChI=1S/C23H28ClNO2.C23H29NO2/c1-25(2)16-20-6-4-5-19(15-17-7-13-22(27-3)14-8-17)23(20,26)18-9-11-21(24)12-10-18;1-24(2)17-21-11-7-10-20(16-18-12-14-22(26-3)15-13-18)23(21,25)19-8-5-4-6-9-19/h7-15,20,26H,4-6,16H2,1-3H3;4-6,8-9,12-16,21,25H,7,10-11,17H2,1-3H3. The number of benzene rings is 4. The van der Waals surface area contributed by atoms with Crippen molar-refractivity contribution in [1.82, 2.24) is 9.80 Å². The van der Waals surface area contributed by atoms with Gasteiger partial charge < -0.3 is 29.5 Å². The maximum Gasteiger partial charge on any atom is 0.118 e. The monoisotopic (exact) mass is 736 g/mol. The highest BCUT2D eigenvalue weighted by atomic mass is 35.5. The highest BCUT2D eigenvalue weighted by Crippen LogP contribution is 2.48. The van der Waals surface area contributed by atoms with Crippen LogP contribution in [0.3, 0.4) is 0 Å². The minimum atomic E-state index is -0.993. The van der Waals surface area contributed by atoms with Crippen molar-refractivity contribution in [1.29, 1.82) is 0 Å². The Kier molecular flexibility index (Phi) is 14.0. The lowest BCUT2D eigenvalue weighted by atomic mass is 9.67. The summed E-state index contributed by atoms with van der Waals surface area (Å²) in [6, 6.07) is 33.8. The first-order valence-electron chi connectivity index (χ1n) is 18.7. The molecule has 0 spiro atoms. The van der Waals surface area contributed by atoms with Crippen molar-refractivity contribution < 1.29 is 19.7 Å². The summed E-state index contributed by atoms with van der Waals surface area (Å²) in [6.07, 6.45) is 10.3. The Morgan fingerprint density at radius 1 is 0.604 bits per heavy atom. The van der Waals surface area contributed by atoms with Gasteiger partial charge >= 0.3 is 0 Å². The Labute approximate surface area is 322 Å². The molecular formula is C46H57ClN2O4. The maximum atomic E-state index is 12.0. The summed E-state index contributed by atoms with van der Waals surface area (Å²) in [4.78, 5) is 4.33. The molecule has 2 fully saturated rings. The van der Waals surface area contributed by atoms with Crippen molar-refractivity contribution in [3.05, 3.63) is 142 Å². The fraction of sp³-hybridized carbons (Fsp3) is 0.391. The first-order valence-corrected chi connectivity index (χ1v) is 19.1. The Balaban J connectivity index is 0.000000204. The lowest BCUT2D eigenvalue weighted by molar-refractivity contribution is -0.0175. The fourth-order valence-corrected chi connectivity index (χ4v) is 8.26. The molecule has 0 aromatic heterocycles. The van der Waals surface area contributed by atoms with Gasteiger partial charge in [0.25, 0.3) is 0 Å². The van der Waals surface area contributed by atoms with Crippen LogP contribution in [0.4, 0.5) is 0 Å². The highest BCUT2D eigenvalue weighted by molar-refractivity contribution is 6.30. The molecular weight excluding hydrogens is 680 g/mol. The molecule has 0 bridgehead atoms. The zero-order valence-corrected chi connectivity index (χ0v) is 33.0. The van der Waals surface area contributed by atoms with Gasteiger partial charge in [0.15, 0.2) is 0 Å². The zero-order valence-electron chi connectivity index (χ0n) is 32.3. The lowest BCUT2D eigenvalue weighted by Crippen LogP contribution is -2.44. The van der Waals surface area contributed by atoms with Crippen LogP contribution in [0.25, 0.3) is 12.2 Å². The van der Waals surface area contributed by atoms with Crippen LogP contribution in [0.15, 0.2) is 114 Å². The average molecular weight is 737 g/mol. The number of aliphatic hydroxyl groups is 2. The van der Waals surface area contributed by atoms with Crippen LogP contribution in [0, 0.1) is 11.8 Å². The van der Waals surface area contributed by atoms with Crippen molar-refractivity contribution in [2.24, 2.45) is 11.8 Å². The van der Waals surface area contributed by atoms with Crippen LogP contribution in [0.1, 0.15) is 60.8 Å². The van der Waals surface area contributed by atoms with Gasteiger partial charge in [0.1, 0.15) is 22.7 Å². The quantitative estimate of drug-likeness (QED) is 0.169. The molecule has 282 valence electrons. The van der Waals surface area contributed by atoms with Crippen LogP contribution >= 0.6 is 11.6 Å². The van der Waals surface area contributed by atoms with Gasteiger partial charge in [-0.15, -0.1) is 0 Å². The first-order chi connectivity index (χ1) is 25.5. The predicted molar refractivity (Wildman–Crippen MR) is 219 cm³/mol. The van der Waals surface area contributed by atoms with E-state index in [0.717, 1.165) is 96.5 Å². The topological polar surface area (TPSA) is 65.4 Å². The molecule has 0 aliphatic heterocycles. The summed E-state index contributed by atoms with van der Waals surface area (Å²) >= 11 is 6.10. The van der Waals surface area contributed by atoms with Crippen molar-refractivity contribution in [3.8, 4) is 11.5 Å². The van der Waals surface area contributed by atoms with Crippen molar-refractivity contribution in [2.45, 2.75) is 49.7 Å². The van der Waals surface area contributed by atoms with E-state index in [2.05, 4.69) is 62.3 Å². The third-order valence-corrected chi connectivity index (χ3v) is 11.0. The molecule has 53 heavy (non-hydrogen) atoms. The minimum absolute atomic E-state index is 0.131. The second kappa shape index (κ2) is 18.4. The van der Waals surface area contributed by atoms with E-state index in [1.165, 1.54) is 0 Å². The van der Waals surface area contributed by atoms with Crippen molar-refractivity contribution in [3.63, 3.8) is 0 Å². The Morgan fingerprint density at radius 2 is 1.00 bits per heavy atom. The van der Waals surface area contributed by atoms with E-state index >= 15 is 0 Å². The molecule has 0 heterocycles. The summed E-state index contributed by atoms with van der Waals surface area (Å²) in [5.41, 5.74) is 4.32. The molecule has 0 radical (unpaired) electrons. The summed E-state index contributed by atoms with van der Waals surface area (Å²) in [6.45, 7) is 1.70. The van der Waals surface area contributed by atoms with Gasteiger partial charge in [0.2, 0.25) is 0 Å². The van der Waals surface area contributed by atoms with Crippen LogP contribution in [-0.4, -0.2) is 75.5 Å². The number of rotatable bonds is 10. The molecule has 4 aromatic carbocycles. The smallest absolute Gasteiger partial charge is 0.118 e. The Hall–Kier alpha value is -3.91. The van der Waals surface area contributed by atoms with Gasteiger partial charge in [-0.05, 0) is 137 Å². The molecule has 4 atom stereocenters. The number of ether oxygens (including phenoxy) is 2. The summed E-state index contributed by atoms with van der Waals surface area (Å²) in [5, 5.41) is 24.6.